The van der Waals surface area contributed by atoms with Gasteiger partial charge in [-0.1, -0.05) is 55.8 Å². The summed E-state index contributed by atoms with van der Waals surface area (Å²) in [6, 6.07) is 10.3. The number of piperidine rings is 1. The number of hydrogen-bond acceptors (Lipinski definition) is 2. The summed E-state index contributed by atoms with van der Waals surface area (Å²) < 4.78 is 0. The van der Waals surface area contributed by atoms with E-state index in [-0.39, 0.29) is 18.2 Å². The average molecular weight is 287 g/mol. The van der Waals surface area contributed by atoms with E-state index in [1.54, 1.807) is 0 Å². The lowest BCUT2D eigenvalue weighted by molar-refractivity contribution is -0.134. The van der Waals surface area contributed by atoms with Gasteiger partial charge in [0, 0.05) is 13.1 Å². The van der Waals surface area contributed by atoms with Crippen molar-refractivity contribution in [1.82, 2.24) is 4.90 Å². The molecule has 0 bridgehead atoms. The van der Waals surface area contributed by atoms with Crippen LogP contribution in [0, 0.1) is 5.92 Å². The Labute approximate surface area is 127 Å². The standard InChI is InChI=1S/C18H25NO2/c1-14(2)17(20)13-18(21)19-10-8-16(9-11-19)12-15-6-4-3-5-7-15/h3-7,12,14,17,20H,8-11,13H2,1-2H3. The molecule has 0 aliphatic carbocycles. The average Bonchev–Trinajstić information content (AvgIpc) is 2.48. The Kier molecular flexibility index (Phi) is 5.57. The highest BCUT2D eigenvalue weighted by molar-refractivity contribution is 5.77. The van der Waals surface area contributed by atoms with Crippen molar-refractivity contribution in [2.75, 3.05) is 13.1 Å². The Bertz CT molecular complexity index is 483. The van der Waals surface area contributed by atoms with Gasteiger partial charge in [-0.2, -0.15) is 0 Å². The molecule has 1 aliphatic heterocycles. The molecule has 1 aromatic rings. The minimum atomic E-state index is -0.529. The number of carbonyl (C=O) groups excluding carboxylic acids is 1. The van der Waals surface area contributed by atoms with E-state index >= 15 is 0 Å². The fraction of sp³-hybridized carbons (Fsp3) is 0.500. The molecule has 1 unspecified atom stereocenters. The lowest BCUT2D eigenvalue weighted by Crippen LogP contribution is -2.38. The van der Waals surface area contributed by atoms with Crippen molar-refractivity contribution in [3.8, 4) is 0 Å². The summed E-state index contributed by atoms with van der Waals surface area (Å²) in [5.41, 5.74) is 2.62. The van der Waals surface area contributed by atoms with Crippen molar-refractivity contribution in [2.45, 2.75) is 39.2 Å². The number of nitrogens with zero attached hydrogens (tertiary/aromatic N) is 1. The number of aliphatic hydroxyl groups excluding tert-OH is 1. The molecule has 3 nitrogen and oxygen atoms in total. The first kappa shape index (κ1) is 15.8. The van der Waals surface area contributed by atoms with Crippen molar-refractivity contribution < 1.29 is 9.90 Å². The van der Waals surface area contributed by atoms with E-state index in [2.05, 4.69) is 18.2 Å². The van der Waals surface area contributed by atoms with Crippen molar-refractivity contribution >= 4 is 12.0 Å². The molecule has 1 fully saturated rings. The van der Waals surface area contributed by atoms with Crippen LogP contribution in [-0.4, -0.2) is 35.1 Å². The molecule has 1 heterocycles. The van der Waals surface area contributed by atoms with Gasteiger partial charge in [-0.05, 0) is 24.3 Å². The van der Waals surface area contributed by atoms with Crippen LogP contribution in [0.2, 0.25) is 0 Å². The quantitative estimate of drug-likeness (QED) is 0.924. The summed E-state index contributed by atoms with van der Waals surface area (Å²) in [4.78, 5) is 14.0. The first-order valence-electron chi connectivity index (χ1n) is 7.76. The molecule has 0 saturated carbocycles. The molecule has 2 rings (SSSR count). The first-order chi connectivity index (χ1) is 10.1. The van der Waals surface area contributed by atoms with Crippen molar-refractivity contribution in [2.24, 2.45) is 5.92 Å². The molecule has 1 amide bonds. The predicted molar refractivity (Wildman–Crippen MR) is 85.7 cm³/mol. The zero-order valence-corrected chi connectivity index (χ0v) is 13.0. The molecule has 0 spiro atoms. The van der Waals surface area contributed by atoms with Crippen molar-refractivity contribution in [3.63, 3.8) is 0 Å². The van der Waals surface area contributed by atoms with Gasteiger partial charge in [0.2, 0.25) is 5.91 Å². The zero-order chi connectivity index (χ0) is 15.2. The van der Waals surface area contributed by atoms with Gasteiger partial charge in [0.15, 0.2) is 0 Å². The van der Waals surface area contributed by atoms with Crippen molar-refractivity contribution in [1.29, 1.82) is 0 Å². The summed E-state index contributed by atoms with van der Waals surface area (Å²) in [5, 5.41) is 9.82. The highest BCUT2D eigenvalue weighted by Crippen LogP contribution is 2.20. The maximum Gasteiger partial charge on any atom is 0.225 e. The summed E-state index contributed by atoms with van der Waals surface area (Å²) in [5.74, 6) is 0.210. The van der Waals surface area contributed by atoms with Gasteiger partial charge in [0.25, 0.3) is 0 Å². The van der Waals surface area contributed by atoms with E-state index in [0.717, 1.165) is 25.9 Å². The van der Waals surface area contributed by atoms with E-state index < -0.39 is 6.10 Å². The van der Waals surface area contributed by atoms with E-state index in [1.807, 2.05) is 36.9 Å². The monoisotopic (exact) mass is 287 g/mol. The Morgan fingerprint density at radius 3 is 2.43 bits per heavy atom. The van der Waals surface area contributed by atoms with Gasteiger partial charge < -0.3 is 10.0 Å². The number of benzene rings is 1. The number of rotatable bonds is 4. The van der Waals surface area contributed by atoms with Crippen LogP contribution in [0.4, 0.5) is 0 Å². The van der Waals surface area contributed by atoms with Crippen LogP contribution in [0.1, 0.15) is 38.7 Å². The summed E-state index contributed by atoms with van der Waals surface area (Å²) in [6.45, 7) is 5.41. The van der Waals surface area contributed by atoms with Gasteiger partial charge >= 0.3 is 0 Å². The summed E-state index contributed by atoms with van der Waals surface area (Å²) in [7, 11) is 0. The Balaban J connectivity index is 1.86. The molecule has 0 radical (unpaired) electrons. The van der Waals surface area contributed by atoms with Crippen LogP contribution in [0.15, 0.2) is 35.9 Å². The van der Waals surface area contributed by atoms with E-state index in [9.17, 15) is 9.90 Å². The molecular weight excluding hydrogens is 262 g/mol. The van der Waals surface area contributed by atoms with Gasteiger partial charge in [0.1, 0.15) is 0 Å². The second-order valence-corrected chi connectivity index (χ2v) is 6.11. The molecule has 1 N–H and O–H groups in total. The molecular formula is C18H25NO2. The zero-order valence-electron chi connectivity index (χ0n) is 13.0. The highest BCUT2D eigenvalue weighted by atomic mass is 16.3. The molecule has 1 saturated heterocycles. The van der Waals surface area contributed by atoms with Gasteiger partial charge in [-0.3, -0.25) is 4.79 Å². The molecule has 3 heteroatoms. The van der Waals surface area contributed by atoms with Gasteiger partial charge in [-0.25, -0.2) is 0 Å². The van der Waals surface area contributed by atoms with Crippen LogP contribution in [0.25, 0.3) is 6.08 Å². The van der Waals surface area contributed by atoms with E-state index in [4.69, 9.17) is 0 Å². The fourth-order valence-corrected chi connectivity index (χ4v) is 2.52. The van der Waals surface area contributed by atoms with Crippen LogP contribution < -0.4 is 0 Å². The predicted octanol–water partition coefficient (Wildman–Crippen LogP) is 3.10. The lowest BCUT2D eigenvalue weighted by Gasteiger charge is -2.29. The topological polar surface area (TPSA) is 40.5 Å². The third kappa shape index (κ3) is 4.71. The third-order valence-electron chi connectivity index (χ3n) is 4.08. The normalized spacial score (nSPS) is 17.0. The number of hydrogen-bond donors (Lipinski definition) is 1. The lowest BCUT2D eigenvalue weighted by atomic mass is 9.99. The van der Waals surface area contributed by atoms with Crippen LogP contribution >= 0.6 is 0 Å². The SMILES string of the molecule is CC(C)C(O)CC(=O)N1CCC(=Cc2ccccc2)CC1. The smallest absolute Gasteiger partial charge is 0.225 e. The van der Waals surface area contributed by atoms with Crippen LogP contribution in [0.3, 0.4) is 0 Å². The van der Waals surface area contributed by atoms with Gasteiger partial charge in [0.05, 0.1) is 12.5 Å². The molecule has 21 heavy (non-hydrogen) atoms. The Hall–Kier alpha value is -1.61. The fourth-order valence-electron chi connectivity index (χ4n) is 2.52. The summed E-state index contributed by atoms with van der Waals surface area (Å²) >= 11 is 0. The van der Waals surface area contributed by atoms with Crippen molar-refractivity contribution in [3.05, 3.63) is 41.5 Å². The van der Waals surface area contributed by atoms with Crippen LogP contribution in [-0.2, 0) is 4.79 Å². The minimum absolute atomic E-state index is 0.0787. The molecule has 1 aromatic carbocycles. The molecule has 1 aliphatic rings. The maximum atomic E-state index is 12.1. The van der Waals surface area contributed by atoms with Crippen LogP contribution in [0.5, 0.6) is 0 Å². The number of carbonyl (C=O) groups is 1. The maximum absolute atomic E-state index is 12.1. The Morgan fingerprint density at radius 2 is 1.86 bits per heavy atom. The molecule has 1 atom stereocenters. The third-order valence-corrected chi connectivity index (χ3v) is 4.08. The first-order valence-corrected chi connectivity index (χ1v) is 7.76. The highest BCUT2D eigenvalue weighted by Gasteiger charge is 2.22. The molecule has 0 aromatic heterocycles. The number of amides is 1. The number of likely N-dealkylation sites (tertiary alicyclic amines) is 1. The number of aliphatic hydroxyl groups is 1. The van der Waals surface area contributed by atoms with E-state index in [1.165, 1.54) is 11.1 Å². The Morgan fingerprint density at radius 1 is 1.24 bits per heavy atom. The minimum Gasteiger partial charge on any atom is -0.392 e. The second kappa shape index (κ2) is 7.41. The van der Waals surface area contributed by atoms with Gasteiger partial charge in [-0.15, -0.1) is 0 Å². The molecule has 114 valence electrons. The largest absolute Gasteiger partial charge is 0.392 e. The van der Waals surface area contributed by atoms with E-state index in [0.29, 0.717) is 0 Å². The summed E-state index contributed by atoms with van der Waals surface area (Å²) in [6.07, 6.45) is 3.80. The second-order valence-electron chi connectivity index (χ2n) is 6.11.